The number of allylic oxidation sites excluding steroid dienone is 2. The summed E-state index contributed by atoms with van der Waals surface area (Å²) >= 11 is 0. The predicted molar refractivity (Wildman–Crippen MR) is 186 cm³/mol. The molecule has 2 heterocycles. The van der Waals surface area contributed by atoms with Gasteiger partial charge in [0.1, 0.15) is 11.9 Å². The Hall–Kier alpha value is -5.80. The molecule has 0 amide bonds. The molecule has 6 aromatic carbocycles. The van der Waals surface area contributed by atoms with Gasteiger partial charge < -0.3 is 4.74 Å². The van der Waals surface area contributed by atoms with Gasteiger partial charge >= 0.3 is 0 Å². The fourth-order valence-corrected chi connectivity index (χ4v) is 8.28. The number of hydrogen-bond acceptors (Lipinski definition) is 3. The lowest BCUT2D eigenvalue weighted by Crippen LogP contribution is -2.47. The highest BCUT2D eigenvalue weighted by Gasteiger charge is 2.55. The van der Waals surface area contributed by atoms with Gasteiger partial charge in [-0.3, -0.25) is 0 Å². The Morgan fingerprint density at radius 2 is 1.17 bits per heavy atom. The molecule has 2 aliphatic carbocycles. The summed E-state index contributed by atoms with van der Waals surface area (Å²) in [6, 6.07) is 49.6. The maximum atomic E-state index is 6.88. The molecule has 46 heavy (non-hydrogen) atoms. The predicted octanol–water partition coefficient (Wildman–Crippen LogP) is 9.80. The number of nitrogens with zero attached hydrogens (tertiary/aromatic N) is 2. The van der Waals surface area contributed by atoms with Gasteiger partial charge in [-0.2, -0.15) is 0 Å². The molecule has 0 bridgehead atoms. The van der Waals surface area contributed by atoms with Gasteiger partial charge in [0.15, 0.2) is 5.82 Å². The van der Waals surface area contributed by atoms with Crippen LogP contribution >= 0.6 is 0 Å². The lowest BCUT2D eigenvalue weighted by Gasteiger charge is -2.47. The minimum absolute atomic E-state index is 0.0499. The Morgan fingerprint density at radius 3 is 2.00 bits per heavy atom. The Bertz CT molecular complexity index is 2390. The summed E-state index contributed by atoms with van der Waals surface area (Å²) in [4.78, 5) is 10.4. The molecular weight excluding hydrogens is 560 g/mol. The smallest absolute Gasteiger partial charge is 0.160 e. The van der Waals surface area contributed by atoms with Gasteiger partial charge in [-0.25, -0.2) is 9.97 Å². The molecule has 0 saturated carbocycles. The minimum atomic E-state index is -0.371. The average molecular weight is 589 g/mol. The van der Waals surface area contributed by atoms with Crippen LogP contribution in [0.4, 0.5) is 0 Å². The zero-order chi connectivity index (χ0) is 30.2. The third-order valence-corrected chi connectivity index (χ3v) is 10.2. The molecular formula is C43H28N2O. The van der Waals surface area contributed by atoms with Gasteiger partial charge in [0.05, 0.1) is 16.6 Å². The monoisotopic (exact) mass is 588 g/mol. The van der Waals surface area contributed by atoms with Crippen LogP contribution in [0.5, 0.6) is 5.75 Å². The molecule has 0 radical (unpaired) electrons. The third-order valence-electron chi connectivity index (χ3n) is 10.2. The Labute approximate surface area is 267 Å². The maximum absolute atomic E-state index is 6.88. The van der Waals surface area contributed by atoms with Crippen molar-refractivity contribution in [1.82, 2.24) is 9.97 Å². The Balaban J connectivity index is 1.18. The topological polar surface area (TPSA) is 35.0 Å². The number of fused-ring (bicyclic) bond motifs is 11. The fraction of sp³-hybridized carbons (Fsp3) is 0.0698. The summed E-state index contributed by atoms with van der Waals surface area (Å²) in [5.74, 6) is 1.69. The van der Waals surface area contributed by atoms with Crippen LogP contribution in [0.1, 0.15) is 22.5 Å². The number of aromatic nitrogens is 2. The van der Waals surface area contributed by atoms with E-state index in [4.69, 9.17) is 14.7 Å². The highest BCUT2D eigenvalue weighted by molar-refractivity contribution is 6.03. The average Bonchev–Trinajstić information content (AvgIpc) is 3.41. The largest absolute Gasteiger partial charge is 0.485 e. The van der Waals surface area contributed by atoms with Crippen molar-refractivity contribution in [2.24, 2.45) is 5.92 Å². The van der Waals surface area contributed by atoms with Crippen molar-refractivity contribution in [2.45, 2.75) is 11.5 Å². The van der Waals surface area contributed by atoms with Gasteiger partial charge in [-0.15, -0.1) is 0 Å². The lowest BCUT2D eigenvalue weighted by molar-refractivity contribution is 0.142. The van der Waals surface area contributed by atoms with E-state index in [1.54, 1.807) is 0 Å². The van der Waals surface area contributed by atoms with Crippen molar-refractivity contribution >= 4 is 27.2 Å². The van der Waals surface area contributed by atoms with Crippen LogP contribution < -0.4 is 4.74 Å². The molecule has 2 unspecified atom stereocenters. The molecule has 0 saturated heterocycles. The van der Waals surface area contributed by atoms with Gasteiger partial charge in [0.2, 0.25) is 0 Å². The van der Waals surface area contributed by atoms with Gasteiger partial charge in [0.25, 0.3) is 0 Å². The van der Waals surface area contributed by atoms with E-state index in [0.717, 1.165) is 33.5 Å². The molecule has 3 aliphatic rings. The zero-order valence-corrected chi connectivity index (χ0v) is 25.0. The normalized spacial score (nSPS) is 18.4. The second-order valence-electron chi connectivity index (χ2n) is 12.4. The number of hydrogen-bond donors (Lipinski definition) is 0. The molecule has 0 N–H and O–H groups in total. The van der Waals surface area contributed by atoms with Crippen LogP contribution in [0.2, 0.25) is 0 Å². The van der Waals surface area contributed by atoms with Crippen LogP contribution in [0.25, 0.3) is 49.6 Å². The molecule has 3 heteroatoms. The summed E-state index contributed by atoms with van der Waals surface area (Å²) in [6.45, 7) is 0. The molecule has 216 valence electrons. The van der Waals surface area contributed by atoms with Crippen LogP contribution in [-0.2, 0) is 5.41 Å². The molecule has 7 aromatic rings. The van der Waals surface area contributed by atoms with Crippen molar-refractivity contribution in [2.75, 3.05) is 0 Å². The van der Waals surface area contributed by atoms with E-state index >= 15 is 0 Å². The van der Waals surface area contributed by atoms with E-state index in [0.29, 0.717) is 5.82 Å². The summed E-state index contributed by atoms with van der Waals surface area (Å²) in [7, 11) is 0. The number of para-hydroxylation sites is 2. The third kappa shape index (κ3) is 3.43. The van der Waals surface area contributed by atoms with Crippen molar-refractivity contribution in [3.05, 3.63) is 180 Å². The maximum Gasteiger partial charge on any atom is 0.160 e. The standard InChI is InChI=1S/C43H28N2O/c1-2-14-29-27(12-1)13-11-18-32(29)41-33-17-5-9-22-38(33)44-42(45-41)28-24-25-37-40(26-28)46-39-23-10-8-21-36(39)43(37)34-19-6-3-15-30(34)31-16-4-7-20-35(31)43/h1-26,37,40H. The summed E-state index contributed by atoms with van der Waals surface area (Å²) in [5.41, 5.74) is 10.1. The summed E-state index contributed by atoms with van der Waals surface area (Å²) < 4.78 is 6.88. The van der Waals surface area contributed by atoms with Crippen LogP contribution in [0.15, 0.2) is 158 Å². The highest BCUT2D eigenvalue weighted by atomic mass is 16.5. The van der Waals surface area contributed by atoms with E-state index in [-0.39, 0.29) is 17.4 Å². The molecule has 1 spiro atoms. The first-order valence-corrected chi connectivity index (χ1v) is 15.9. The first-order valence-electron chi connectivity index (χ1n) is 15.9. The molecule has 2 atom stereocenters. The second kappa shape index (κ2) is 9.60. The molecule has 10 rings (SSSR count). The van der Waals surface area contributed by atoms with E-state index in [1.807, 2.05) is 6.07 Å². The molecule has 1 aromatic heterocycles. The molecule has 1 aliphatic heterocycles. The SMILES string of the molecule is C1=CC2C(C=C1c1nc(-c3cccc4ccccc34)c3ccccc3n1)Oc1ccccc1C21c2ccccc2-c2ccccc21. The highest BCUT2D eigenvalue weighted by Crippen LogP contribution is 2.61. The van der Waals surface area contributed by atoms with E-state index in [2.05, 4.69) is 152 Å². The van der Waals surface area contributed by atoms with Crippen molar-refractivity contribution in [3.63, 3.8) is 0 Å². The summed E-state index contributed by atoms with van der Waals surface area (Å²) in [5, 5.41) is 3.42. The van der Waals surface area contributed by atoms with Gasteiger partial charge in [0, 0.05) is 28.0 Å². The summed E-state index contributed by atoms with van der Waals surface area (Å²) in [6.07, 6.45) is 6.62. The Morgan fingerprint density at radius 1 is 0.543 bits per heavy atom. The number of benzene rings is 6. The van der Waals surface area contributed by atoms with Crippen molar-refractivity contribution in [1.29, 1.82) is 0 Å². The second-order valence-corrected chi connectivity index (χ2v) is 12.4. The van der Waals surface area contributed by atoms with Crippen molar-refractivity contribution < 1.29 is 4.74 Å². The van der Waals surface area contributed by atoms with E-state index in [1.165, 1.54) is 38.6 Å². The number of ether oxygens (including phenoxy) is 1. The van der Waals surface area contributed by atoms with Crippen LogP contribution in [-0.4, -0.2) is 16.1 Å². The van der Waals surface area contributed by atoms with Crippen LogP contribution in [0, 0.1) is 5.92 Å². The van der Waals surface area contributed by atoms with E-state index < -0.39 is 0 Å². The first-order chi connectivity index (χ1) is 22.8. The molecule has 3 nitrogen and oxygen atoms in total. The lowest BCUT2D eigenvalue weighted by atomic mass is 9.60. The fourth-order valence-electron chi connectivity index (χ4n) is 8.28. The van der Waals surface area contributed by atoms with E-state index in [9.17, 15) is 0 Å². The minimum Gasteiger partial charge on any atom is -0.485 e. The first kappa shape index (κ1) is 25.5. The van der Waals surface area contributed by atoms with Crippen LogP contribution in [0.3, 0.4) is 0 Å². The number of rotatable bonds is 2. The quantitative estimate of drug-likeness (QED) is 0.202. The molecule has 0 fully saturated rings. The van der Waals surface area contributed by atoms with Crippen molar-refractivity contribution in [3.8, 4) is 28.1 Å². The zero-order valence-electron chi connectivity index (χ0n) is 25.0. The van der Waals surface area contributed by atoms with Gasteiger partial charge in [-0.05, 0) is 51.2 Å². The van der Waals surface area contributed by atoms with Gasteiger partial charge in [-0.1, -0.05) is 140 Å². The Kier molecular flexibility index (Phi) is 5.32.